The molecule has 0 saturated heterocycles. The van der Waals surface area contributed by atoms with Crippen LogP contribution in [0.25, 0.3) is 21.6 Å². The van der Waals surface area contributed by atoms with Crippen LogP contribution in [0.4, 0.5) is 5.82 Å². The van der Waals surface area contributed by atoms with Gasteiger partial charge in [0.15, 0.2) is 0 Å². The molecule has 0 bridgehead atoms. The van der Waals surface area contributed by atoms with Gasteiger partial charge in [0.25, 0.3) is 0 Å². The molecule has 86 valence electrons. The van der Waals surface area contributed by atoms with Gasteiger partial charge in [-0.15, -0.1) is 11.3 Å². The first-order chi connectivity index (χ1) is 8.26. The Morgan fingerprint density at radius 2 is 2.18 bits per heavy atom. The average Bonchev–Trinajstić information content (AvgIpc) is 2.92. The number of aromatic amines is 1. The summed E-state index contributed by atoms with van der Waals surface area (Å²) in [6, 6.07) is 6.17. The molecule has 4 nitrogen and oxygen atoms in total. The van der Waals surface area contributed by atoms with Crippen LogP contribution in [0, 0.1) is 6.92 Å². The molecule has 3 aromatic rings. The summed E-state index contributed by atoms with van der Waals surface area (Å²) in [4.78, 5) is 12.1. The first-order valence-corrected chi connectivity index (χ1v) is 6.24. The molecule has 0 saturated carbocycles. The number of thiazole rings is 1. The lowest BCUT2D eigenvalue weighted by Gasteiger charge is -1.96. The third-order valence-electron chi connectivity index (χ3n) is 2.61. The quantitative estimate of drug-likeness (QED) is 0.728. The fourth-order valence-corrected chi connectivity index (χ4v) is 2.60. The highest BCUT2D eigenvalue weighted by Gasteiger charge is 2.06. The van der Waals surface area contributed by atoms with Crippen molar-refractivity contribution in [2.75, 3.05) is 12.4 Å². The van der Waals surface area contributed by atoms with E-state index >= 15 is 0 Å². The van der Waals surface area contributed by atoms with Gasteiger partial charge >= 0.3 is 0 Å². The van der Waals surface area contributed by atoms with E-state index in [1.54, 1.807) is 11.3 Å². The molecule has 1 aromatic carbocycles. The van der Waals surface area contributed by atoms with E-state index in [2.05, 4.69) is 32.4 Å². The summed E-state index contributed by atoms with van der Waals surface area (Å²) in [6.45, 7) is 1.96. The molecule has 3 rings (SSSR count). The summed E-state index contributed by atoms with van der Waals surface area (Å²) in [7, 11) is 1.88. The second-order valence-electron chi connectivity index (χ2n) is 3.84. The van der Waals surface area contributed by atoms with Crippen molar-refractivity contribution in [3.8, 4) is 10.6 Å². The predicted molar refractivity (Wildman–Crippen MR) is 71.5 cm³/mol. The Labute approximate surface area is 103 Å². The number of hydrogen-bond acceptors (Lipinski definition) is 4. The fourth-order valence-electron chi connectivity index (χ4n) is 1.79. The Balaban J connectivity index is 2.10. The van der Waals surface area contributed by atoms with Gasteiger partial charge in [-0.2, -0.15) is 0 Å². The van der Waals surface area contributed by atoms with Gasteiger partial charge in [-0.25, -0.2) is 9.97 Å². The molecule has 17 heavy (non-hydrogen) atoms. The van der Waals surface area contributed by atoms with Gasteiger partial charge < -0.3 is 10.3 Å². The third kappa shape index (κ3) is 1.78. The lowest BCUT2D eigenvalue weighted by Crippen LogP contribution is -1.86. The molecule has 0 atom stereocenters. The molecule has 0 fully saturated rings. The number of hydrogen-bond donors (Lipinski definition) is 2. The number of anilines is 1. The van der Waals surface area contributed by atoms with E-state index in [0.717, 1.165) is 33.2 Å². The zero-order valence-corrected chi connectivity index (χ0v) is 10.4. The Morgan fingerprint density at radius 3 is 2.94 bits per heavy atom. The lowest BCUT2D eigenvalue weighted by molar-refractivity contribution is 1.17. The Kier molecular flexibility index (Phi) is 2.33. The highest BCUT2D eigenvalue weighted by atomic mass is 32.1. The minimum Gasteiger partial charge on any atom is -0.372 e. The van der Waals surface area contributed by atoms with Crippen molar-refractivity contribution in [1.29, 1.82) is 0 Å². The van der Waals surface area contributed by atoms with Gasteiger partial charge in [-0.3, -0.25) is 0 Å². The van der Waals surface area contributed by atoms with Gasteiger partial charge in [0.2, 0.25) is 0 Å². The molecule has 0 aliphatic rings. The predicted octanol–water partition coefficient (Wildman–Crippen LogP) is 3.04. The van der Waals surface area contributed by atoms with Crippen LogP contribution < -0.4 is 5.32 Å². The van der Waals surface area contributed by atoms with E-state index in [1.165, 1.54) is 0 Å². The monoisotopic (exact) mass is 244 g/mol. The van der Waals surface area contributed by atoms with Gasteiger partial charge in [0.1, 0.15) is 16.6 Å². The van der Waals surface area contributed by atoms with Crippen LogP contribution in [0.3, 0.4) is 0 Å². The molecular formula is C12H12N4S. The van der Waals surface area contributed by atoms with E-state index < -0.39 is 0 Å². The van der Waals surface area contributed by atoms with Gasteiger partial charge in [0, 0.05) is 18.0 Å². The lowest BCUT2D eigenvalue weighted by atomic mass is 10.2. The minimum atomic E-state index is 0.908. The molecule has 5 heteroatoms. The van der Waals surface area contributed by atoms with Gasteiger partial charge in [-0.1, -0.05) is 0 Å². The molecule has 0 unspecified atom stereocenters. The van der Waals surface area contributed by atoms with E-state index in [0.29, 0.717) is 0 Å². The van der Waals surface area contributed by atoms with Gasteiger partial charge in [0.05, 0.1) is 11.0 Å². The number of H-pyrrole nitrogens is 1. The van der Waals surface area contributed by atoms with Crippen LogP contribution in [0.1, 0.15) is 5.82 Å². The minimum absolute atomic E-state index is 0.908. The zero-order chi connectivity index (χ0) is 11.8. The topological polar surface area (TPSA) is 53.6 Å². The molecule has 0 aliphatic heterocycles. The van der Waals surface area contributed by atoms with Crippen LogP contribution in [0.2, 0.25) is 0 Å². The second kappa shape index (κ2) is 3.85. The maximum atomic E-state index is 4.49. The molecular weight excluding hydrogens is 232 g/mol. The summed E-state index contributed by atoms with van der Waals surface area (Å²) < 4.78 is 0. The number of aryl methyl sites for hydroxylation is 1. The summed E-state index contributed by atoms with van der Waals surface area (Å²) in [6.07, 6.45) is 0. The number of aromatic nitrogens is 3. The number of imidazole rings is 1. The van der Waals surface area contributed by atoms with Crippen molar-refractivity contribution >= 4 is 28.2 Å². The second-order valence-corrected chi connectivity index (χ2v) is 4.70. The molecule has 0 spiro atoms. The first kappa shape index (κ1) is 10.3. The number of nitrogens with one attached hydrogen (secondary N) is 2. The van der Waals surface area contributed by atoms with Crippen molar-refractivity contribution in [3.63, 3.8) is 0 Å². The van der Waals surface area contributed by atoms with E-state index in [-0.39, 0.29) is 0 Å². The van der Waals surface area contributed by atoms with Crippen LogP contribution >= 0.6 is 11.3 Å². The average molecular weight is 244 g/mol. The van der Waals surface area contributed by atoms with Crippen molar-refractivity contribution < 1.29 is 0 Å². The third-order valence-corrected chi connectivity index (χ3v) is 3.50. The van der Waals surface area contributed by atoms with Crippen LogP contribution in [0.15, 0.2) is 23.6 Å². The fraction of sp³-hybridized carbons (Fsp3) is 0.167. The highest BCUT2D eigenvalue weighted by molar-refractivity contribution is 7.13. The molecule has 0 radical (unpaired) electrons. The molecule has 2 heterocycles. The van der Waals surface area contributed by atoms with Crippen molar-refractivity contribution in [3.05, 3.63) is 29.4 Å². The molecule has 0 amide bonds. The van der Waals surface area contributed by atoms with Crippen LogP contribution in [-0.2, 0) is 0 Å². The summed E-state index contributed by atoms with van der Waals surface area (Å²) in [5, 5.41) is 6.07. The number of nitrogens with zero attached hydrogens (tertiary/aromatic N) is 2. The Morgan fingerprint density at radius 1 is 1.29 bits per heavy atom. The smallest absolute Gasteiger partial charge is 0.137 e. The standard InChI is InChI=1S/C12H12N4S/c1-7-14-9-4-3-8(5-10(9)15-7)12-16-11(13-2)6-17-12/h3-6,13H,1-2H3,(H,14,15). The van der Waals surface area contributed by atoms with Crippen molar-refractivity contribution in [2.45, 2.75) is 6.92 Å². The number of rotatable bonds is 2. The maximum absolute atomic E-state index is 4.49. The Bertz CT molecular complexity index is 668. The number of benzene rings is 1. The van der Waals surface area contributed by atoms with Crippen molar-refractivity contribution in [1.82, 2.24) is 15.0 Å². The number of fused-ring (bicyclic) bond motifs is 1. The highest BCUT2D eigenvalue weighted by Crippen LogP contribution is 2.27. The molecule has 0 aliphatic carbocycles. The summed E-state index contributed by atoms with van der Waals surface area (Å²) in [5.74, 6) is 1.85. The van der Waals surface area contributed by atoms with Crippen LogP contribution in [0.5, 0.6) is 0 Å². The van der Waals surface area contributed by atoms with Crippen molar-refractivity contribution in [2.24, 2.45) is 0 Å². The first-order valence-electron chi connectivity index (χ1n) is 5.36. The van der Waals surface area contributed by atoms with Crippen LogP contribution in [-0.4, -0.2) is 22.0 Å². The molecule has 2 aromatic heterocycles. The zero-order valence-electron chi connectivity index (χ0n) is 9.61. The summed E-state index contributed by atoms with van der Waals surface area (Å²) in [5.41, 5.74) is 3.17. The van der Waals surface area contributed by atoms with E-state index in [4.69, 9.17) is 0 Å². The normalized spacial score (nSPS) is 10.9. The van der Waals surface area contributed by atoms with E-state index in [1.807, 2.05) is 25.4 Å². The molecule has 2 N–H and O–H groups in total. The largest absolute Gasteiger partial charge is 0.372 e. The van der Waals surface area contributed by atoms with E-state index in [9.17, 15) is 0 Å². The maximum Gasteiger partial charge on any atom is 0.137 e. The van der Waals surface area contributed by atoms with Gasteiger partial charge in [-0.05, 0) is 25.1 Å². The summed E-state index contributed by atoms with van der Waals surface area (Å²) >= 11 is 1.63. The Hall–Kier alpha value is -1.88. The SMILES string of the molecule is CNc1csc(-c2ccc3nc(C)[nH]c3c2)n1.